The van der Waals surface area contributed by atoms with E-state index in [0.29, 0.717) is 18.7 Å². The van der Waals surface area contributed by atoms with Crippen molar-refractivity contribution in [2.24, 2.45) is 7.05 Å². The van der Waals surface area contributed by atoms with Crippen LogP contribution in [0.15, 0.2) is 48.1 Å². The molecule has 0 unspecified atom stereocenters. The lowest BCUT2D eigenvalue weighted by molar-refractivity contribution is 0.0503. The number of esters is 1. The Hall–Kier alpha value is -2.47. The summed E-state index contributed by atoms with van der Waals surface area (Å²) >= 11 is 1.48. The predicted octanol–water partition coefficient (Wildman–Crippen LogP) is 2.87. The van der Waals surface area contributed by atoms with Gasteiger partial charge in [-0.15, -0.1) is 11.3 Å². The number of rotatable bonds is 6. The lowest BCUT2D eigenvalue weighted by Gasteiger charge is -2.01. The molecule has 0 aliphatic carbocycles. The third kappa shape index (κ3) is 4.26. The Morgan fingerprint density at radius 2 is 2.09 bits per heavy atom. The van der Waals surface area contributed by atoms with Gasteiger partial charge in [0, 0.05) is 31.5 Å². The highest BCUT2D eigenvalue weighted by atomic mass is 32.1. The Morgan fingerprint density at radius 3 is 2.83 bits per heavy atom. The first kappa shape index (κ1) is 15.4. The first-order valence-corrected chi connectivity index (χ1v) is 8.21. The zero-order chi connectivity index (χ0) is 16.1. The topological polar surface area (TPSA) is 57.0 Å². The van der Waals surface area contributed by atoms with E-state index in [9.17, 15) is 4.79 Å². The van der Waals surface area contributed by atoms with Crippen molar-refractivity contribution in [2.75, 3.05) is 6.61 Å². The average molecular weight is 327 g/mol. The van der Waals surface area contributed by atoms with Gasteiger partial charge in [-0.25, -0.2) is 9.78 Å². The van der Waals surface area contributed by atoms with Crippen molar-refractivity contribution in [3.63, 3.8) is 0 Å². The largest absolute Gasteiger partial charge is 0.461 e. The SMILES string of the molecule is Cn1cc(CCOC(=O)c2csc(Cc3ccccc3)n2)cn1. The first-order chi connectivity index (χ1) is 11.2. The molecular formula is C17H17N3O2S. The number of aromatic nitrogens is 3. The molecule has 0 spiro atoms. The van der Waals surface area contributed by atoms with Gasteiger partial charge in [-0.05, 0) is 11.1 Å². The van der Waals surface area contributed by atoms with Crippen LogP contribution in [-0.2, 0) is 24.6 Å². The molecule has 6 heteroatoms. The van der Waals surface area contributed by atoms with Crippen molar-refractivity contribution in [2.45, 2.75) is 12.8 Å². The summed E-state index contributed by atoms with van der Waals surface area (Å²) in [6.07, 6.45) is 5.07. The molecule has 3 rings (SSSR count). The van der Waals surface area contributed by atoms with E-state index < -0.39 is 0 Å². The number of nitrogens with zero attached hydrogens (tertiary/aromatic N) is 3. The zero-order valence-electron chi connectivity index (χ0n) is 12.8. The van der Waals surface area contributed by atoms with Gasteiger partial charge < -0.3 is 4.74 Å². The molecule has 0 radical (unpaired) electrons. The van der Waals surface area contributed by atoms with Crippen molar-refractivity contribution in [3.05, 3.63) is 69.9 Å². The van der Waals surface area contributed by atoms with E-state index in [-0.39, 0.29) is 5.97 Å². The predicted molar refractivity (Wildman–Crippen MR) is 88.6 cm³/mol. The van der Waals surface area contributed by atoms with Crippen LogP contribution in [-0.4, -0.2) is 27.3 Å². The van der Waals surface area contributed by atoms with E-state index in [1.54, 1.807) is 16.3 Å². The number of hydrogen-bond donors (Lipinski definition) is 0. The summed E-state index contributed by atoms with van der Waals surface area (Å²) < 4.78 is 7.00. The van der Waals surface area contributed by atoms with E-state index in [0.717, 1.165) is 17.0 Å². The van der Waals surface area contributed by atoms with Crippen LogP contribution in [0.2, 0.25) is 0 Å². The Kier molecular flexibility index (Phi) is 4.83. The molecule has 2 aromatic heterocycles. The Balaban J connectivity index is 1.52. The third-order valence-electron chi connectivity index (χ3n) is 3.34. The lowest BCUT2D eigenvalue weighted by atomic mass is 10.2. The molecule has 3 aromatic rings. The highest BCUT2D eigenvalue weighted by Crippen LogP contribution is 2.15. The highest BCUT2D eigenvalue weighted by Gasteiger charge is 2.12. The Labute approximate surface area is 138 Å². The molecule has 0 aliphatic heterocycles. The summed E-state index contributed by atoms with van der Waals surface area (Å²) in [7, 11) is 1.86. The summed E-state index contributed by atoms with van der Waals surface area (Å²) in [5.74, 6) is -0.371. The fraction of sp³-hybridized carbons (Fsp3) is 0.235. The van der Waals surface area contributed by atoms with Crippen LogP contribution in [0.5, 0.6) is 0 Å². The number of carbonyl (C=O) groups excluding carboxylic acids is 1. The monoisotopic (exact) mass is 327 g/mol. The second-order valence-electron chi connectivity index (χ2n) is 5.20. The molecule has 0 N–H and O–H groups in total. The molecule has 118 valence electrons. The number of thiazole rings is 1. The summed E-state index contributed by atoms with van der Waals surface area (Å²) in [6.45, 7) is 0.329. The fourth-order valence-electron chi connectivity index (χ4n) is 2.19. The second-order valence-corrected chi connectivity index (χ2v) is 6.14. The minimum atomic E-state index is -0.371. The summed E-state index contributed by atoms with van der Waals surface area (Å²) in [6, 6.07) is 10.1. The van der Waals surface area contributed by atoms with E-state index in [4.69, 9.17) is 4.74 Å². The van der Waals surface area contributed by atoms with Crippen LogP contribution >= 0.6 is 11.3 Å². The highest BCUT2D eigenvalue weighted by molar-refractivity contribution is 7.09. The number of benzene rings is 1. The van der Waals surface area contributed by atoms with Crippen LogP contribution < -0.4 is 0 Å². The minimum Gasteiger partial charge on any atom is -0.461 e. The molecule has 0 bridgehead atoms. The smallest absolute Gasteiger partial charge is 0.357 e. The standard InChI is InChI=1S/C17H17N3O2S/c1-20-11-14(10-18-20)7-8-22-17(21)15-12-23-16(19-15)9-13-5-3-2-4-6-13/h2-6,10-12H,7-9H2,1H3. The van der Waals surface area contributed by atoms with Crippen LogP contribution in [0.25, 0.3) is 0 Å². The van der Waals surface area contributed by atoms with Gasteiger partial charge in [0.25, 0.3) is 0 Å². The molecule has 0 atom stereocenters. The molecular weight excluding hydrogens is 310 g/mol. The van der Waals surface area contributed by atoms with Crippen LogP contribution in [0, 0.1) is 0 Å². The lowest BCUT2D eigenvalue weighted by Crippen LogP contribution is -2.08. The second kappa shape index (κ2) is 7.19. The number of carbonyl (C=O) groups is 1. The maximum atomic E-state index is 12.0. The summed E-state index contributed by atoms with van der Waals surface area (Å²) in [4.78, 5) is 16.4. The molecule has 0 aliphatic rings. The van der Waals surface area contributed by atoms with E-state index in [2.05, 4.69) is 10.1 Å². The quantitative estimate of drug-likeness (QED) is 0.653. The van der Waals surface area contributed by atoms with Crippen molar-refractivity contribution >= 4 is 17.3 Å². The van der Waals surface area contributed by atoms with Gasteiger partial charge in [-0.1, -0.05) is 30.3 Å². The Bertz CT molecular complexity index is 780. The summed E-state index contributed by atoms with van der Waals surface area (Å²) in [5.41, 5.74) is 2.61. The zero-order valence-corrected chi connectivity index (χ0v) is 13.6. The van der Waals surface area contributed by atoms with Gasteiger partial charge in [0.1, 0.15) is 0 Å². The average Bonchev–Trinajstić information content (AvgIpc) is 3.18. The number of hydrogen-bond acceptors (Lipinski definition) is 5. The molecule has 0 saturated carbocycles. The van der Waals surface area contributed by atoms with Crippen LogP contribution in [0.1, 0.15) is 26.6 Å². The van der Waals surface area contributed by atoms with Crippen LogP contribution in [0.4, 0.5) is 0 Å². The van der Waals surface area contributed by atoms with Gasteiger partial charge in [0.15, 0.2) is 5.69 Å². The third-order valence-corrected chi connectivity index (χ3v) is 4.19. The maximum absolute atomic E-state index is 12.0. The van der Waals surface area contributed by atoms with Crippen molar-refractivity contribution in [1.29, 1.82) is 0 Å². The number of aryl methyl sites for hydroxylation is 1. The number of ether oxygens (including phenoxy) is 1. The fourth-order valence-corrected chi connectivity index (χ4v) is 2.99. The van der Waals surface area contributed by atoms with Crippen molar-refractivity contribution in [1.82, 2.24) is 14.8 Å². The van der Waals surface area contributed by atoms with Gasteiger partial charge in [0.2, 0.25) is 0 Å². The van der Waals surface area contributed by atoms with Crippen molar-refractivity contribution < 1.29 is 9.53 Å². The molecule has 5 nitrogen and oxygen atoms in total. The molecule has 2 heterocycles. The molecule has 0 fully saturated rings. The molecule has 23 heavy (non-hydrogen) atoms. The van der Waals surface area contributed by atoms with Gasteiger partial charge >= 0.3 is 5.97 Å². The van der Waals surface area contributed by atoms with Gasteiger partial charge in [-0.2, -0.15) is 5.10 Å². The van der Waals surface area contributed by atoms with Gasteiger partial charge in [0.05, 0.1) is 17.8 Å². The molecule has 0 amide bonds. The summed E-state index contributed by atoms with van der Waals surface area (Å²) in [5, 5.41) is 6.75. The van der Waals surface area contributed by atoms with Gasteiger partial charge in [-0.3, -0.25) is 4.68 Å². The normalized spacial score (nSPS) is 10.7. The van der Waals surface area contributed by atoms with Crippen molar-refractivity contribution in [3.8, 4) is 0 Å². The van der Waals surface area contributed by atoms with E-state index in [1.165, 1.54) is 16.9 Å². The van der Waals surface area contributed by atoms with E-state index in [1.807, 2.05) is 43.6 Å². The minimum absolute atomic E-state index is 0.329. The molecule has 0 saturated heterocycles. The van der Waals surface area contributed by atoms with E-state index >= 15 is 0 Å². The Morgan fingerprint density at radius 1 is 1.26 bits per heavy atom. The first-order valence-electron chi connectivity index (χ1n) is 7.33. The maximum Gasteiger partial charge on any atom is 0.357 e. The van der Waals surface area contributed by atoms with Crippen LogP contribution in [0.3, 0.4) is 0 Å². The molecule has 1 aromatic carbocycles.